The average Bonchev–Trinajstić information content (AvgIpc) is 4.13. The van der Waals surface area contributed by atoms with E-state index >= 15 is 13.2 Å². The van der Waals surface area contributed by atoms with Crippen molar-refractivity contribution in [2.75, 3.05) is 56.0 Å². The molecular formula is C46H45F3N10O6S. The van der Waals surface area contributed by atoms with Crippen molar-refractivity contribution in [2.45, 2.75) is 69.2 Å². The zero-order valence-corrected chi connectivity index (χ0v) is 36.4. The number of hydrogen-bond acceptors (Lipinski definition) is 12. The fourth-order valence-electron chi connectivity index (χ4n) is 9.66. The molecule has 20 heteroatoms. The highest BCUT2D eigenvalue weighted by Crippen LogP contribution is 2.41. The summed E-state index contributed by atoms with van der Waals surface area (Å²) in [6, 6.07) is 12.5. The Kier molecular flexibility index (Phi) is 11.5. The highest BCUT2D eigenvalue weighted by molar-refractivity contribution is 7.13. The van der Waals surface area contributed by atoms with Crippen molar-refractivity contribution in [1.29, 1.82) is 0 Å². The Balaban J connectivity index is 0.736. The average molecular weight is 923 g/mol. The number of aromatic nitrogens is 4. The summed E-state index contributed by atoms with van der Waals surface area (Å²) in [5.74, 6) is -6.68. The van der Waals surface area contributed by atoms with E-state index < -0.39 is 54.1 Å². The van der Waals surface area contributed by atoms with Gasteiger partial charge in [-0.1, -0.05) is 12.1 Å². The molecule has 5 aliphatic heterocycles. The van der Waals surface area contributed by atoms with Crippen LogP contribution < -0.4 is 20.3 Å². The molecule has 8 heterocycles. The Morgan fingerprint density at radius 3 is 2.48 bits per heavy atom. The van der Waals surface area contributed by atoms with Crippen molar-refractivity contribution in [3.63, 3.8) is 0 Å². The number of alkyl halides is 2. The van der Waals surface area contributed by atoms with E-state index in [1.807, 2.05) is 28.8 Å². The van der Waals surface area contributed by atoms with Crippen LogP contribution in [0.25, 0.3) is 11.1 Å². The number of piperazine rings is 1. The monoisotopic (exact) mass is 922 g/mol. The molecule has 2 N–H and O–H groups in total. The van der Waals surface area contributed by atoms with E-state index in [2.05, 4.69) is 30.5 Å². The van der Waals surface area contributed by atoms with Crippen molar-refractivity contribution in [1.82, 2.24) is 39.5 Å². The summed E-state index contributed by atoms with van der Waals surface area (Å²) >= 11 is 1.26. The molecule has 0 saturated carbocycles. The van der Waals surface area contributed by atoms with Crippen molar-refractivity contribution < 1.29 is 41.9 Å². The van der Waals surface area contributed by atoms with Gasteiger partial charge in [-0.15, -0.1) is 11.3 Å². The summed E-state index contributed by atoms with van der Waals surface area (Å²) in [5, 5.41) is 7.16. The maximum atomic E-state index is 15.9. The van der Waals surface area contributed by atoms with Crippen molar-refractivity contribution in [3.8, 4) is 16.9 Å². The Morgan fingerprint density at radius 1 is 0.939 bits per heavy atom. The Morgan fingerprint density at radius 2 is 1.76 bits per heavy atom. The molecule has 2 aromatic carbocycles. The molecule has 0 radical (unpaired) electrons. The largest absolute Gasteiger partial charge is 0.479 e. The standard InChI is InChI=1S/C46H45F3N10O6S/c47-34-21-28(20-31-32(34)23-59(44(31)64)41(43(63)54-45-50-12-19-66-45)40-36-2-1-13-58(36)26-52-40)27-3-5-29(6-4-27)56-15-17-57(18-16-56)39(61)24-55-14-11-33(46(48,49)25-55)35-8-7-30(22-51-35)65-37-9-10-38(60)53-42(37)62/h3-8,12,19-22,26,33,37,41H,1-2,9-11,13-18,23-25H2,(H,50,54,63)(H,53,60,62). The number of likely N-dealkylation sites (tertiary alicyclic amines) is 1. The third kappa shape index (κ3) is 8.50. The molecule has 342 valence electrons. The van der Waals surface area contributed by atoms with Gasteiger partial charge in [-0.05, 0) is 73.3 Å². The lowest BCUT2D eigenvalue weighted by Crippen LogP contribution is -2.54. The number of rotatable bonds is 11. The molecule has 0 spiro atoms. The molecule has 5 aliphatic rings. The molecule has 3 unspecified atom stereocenters. The number of ether oxygens (including phenoxy) is 1. The molecule has 3 atom stereocenters. The number of carbonyl (C=O) groups excluding carboxylic acids is 5. The number of anilines is 2. The first kappa shape index (κ1) is 43.2. The third-order valence-corrected chi connectivity index (χ3v) is 13.8. The van der Waals surface area contributed by atoms with Crippen molar-refractivity contribution in [2.24, 2.45) is 0 Å². The SMILES string of the molecule is O=C1CCC(Oc2ccc(C3CCN(CC(=O)N4CCN(c5ccc(-c6cc(F)c7c(c6)C(=O)N(C(C(=O)Nc6nccs6)c6ncn8c6CCC8)C7)cc5)CC4)CC3(F)F)nc2)C(=O)N1. The molecule has 3 fully saturated rings. The quantitative estimate of drug-likeness (QED) is 0.175. The number of nitrogens with one attached hydrogen (secondary N) is 2. The lowest BCUT2D eigenvalue weighted by molar-refractivity contribution is -0.139. The number of halogens is 3. The van der Waals surface area contributed by atoms with E-state index in [0.717, 1.165) is 24.3 Å². The van der Waals surface area contributed by atoms with E-state index in [1.165, 1.54) is 45.5 Å². The molecule has 0 aliphatic carbocycles. The van der Waals surface area contributed by atoms with Crippen LogP contribution in [0.3, 0.4) is 0 Å². The summed E-state index contributed by atoms with van der Waals surface area (Å²) in [4.78, 5) is 84.4. The molecule has 16 nitrogen and oxygen atoms in total. The van der Waals surface area contributed by atoms with Crippen molar-refractivity contribution in [3.05, 3.63) is 107 Å². The normalized spacial score (nSPS) is 21.1. The molecule has 10 rings (SSSR count). The topological polar surface area (TPSA) is 175 Å². The first-order chi connectivity index (χ1) is 31.9. The summed E-state index contributed by atoms with van der Waals surface area (Å²) < 4.78 is 54.7. The van der Waals surface area contributed by atoms with Gasteiger partial charge in [0.05, 0.1) is 43.8 Å². The van der Waals surface area contributed by atoms with Gasteiger partial charge in [-0.2, -0.15) is 0 Å². The number of amides is 5. The first-order valence-corrected chi connectivity index (χ1v) is 22.8. The molecule has 0 bridgehead atoms. The minimum atomic E-state index is -3.14. The zero-order chi connectivity index (χ0) is 45.7. The smallest absolute Gasteiger partial charge is 0.268 e. The zero-order valence-electron chi connectivity index (χ0n) is 35.6. The minimum absolute atomic E-state index is 0.0950. The van der Waals surface area contributed by atoms with Crippen LogP contribution in [0, 0.1) is 5.82 Å². The number of fused-ring (bicyclic) bond motifs is 2. The van der Waals surface area contributed by atoms with Crippen LogP contribution in [0.4, 0.5) is 24.0 Å². The van der Waals surface area contributed by atoms with Crippen LogP contribution in [-0.4, -0.2) is 122 Å². The van der Waals surface area contributed by atoms with Gasteiger partial charge in [0, 0.05) is 85.3 Å². The first-order valence-electron chi connectivity index (χ1n) is 22.0. The van der Waals surface area contributed by atoms with E-state index in [0.29, 0.717) is 54.6 Å². The Bertz CT molecular complexity index is 2690. The Labute approximate surface area is 380 Å². The van der Waals surface area contributed by atoms with Gasteiger partial charge in [0.15, 0.2) is 17.3 Å². The van der Waals surface area contributed by atoms with Crippen molar-refractivity contribution >= 4 is 51.7 Å². The molecular weight excluding hydrogens is 878 g/mol. The predicted molar refractivity (Wildman–Crippen MR) is 234 cm³/mol. The number of benzene rings is 2. The van der Waals surface area contributed by atoms with Gasteiger partial charge in [0.2, 0.25) is 11.8 Å². The van der Waals surface area contributed by atoms with Crippen LogP contribution in [-0.2, 0) is 38.7 Å². The number of piperidine rings is 2. The summed E-state index contributed by atoms with van der Waals surface area (Å²) in [6.07, 6.45) is 5.77. The second kappa shape index (κ2) is 17.6. The third-order valence-electron chi connectivity index (χ3n) is 13.1. The van der Waals surface area contributed by atoms with Crippen LogP contribution >= 0.6 is 11.3 Å². The van der Waals surface area contributed by atoms with Gasteiger partial charge in [-0.3, -0.25) is 44.5 Å². The number of hydrogen-bond donors (Lipinski definition) is 2. The molecule has 66 heavy (non-hydrogen) atoms. The lowest BCUT2D eigenvalue weighted by atomic mass is 9.89. The van der Waals surface area contributed by atoms with E-state index in [-0.39, 0.29) is 73.3 Å². The summed E-state index contributed by atoms with van der Waals surface area (Å²) in [6.45, 7) is 2.09. The molecule has 3 aromatic heterocycles. The Hall–Kier alpha value is -6.67. The van der Waals surface area contributed by atoms with Crippen LogP contribution in [0.15, 0.2) is 72.6 Å². The number of carbonyl (C=O) groups is 5. The number of pyridine rings is 1. The predicted octanol–water partition coefficient (Wildman–Crippen LogP) is 4.78. The van der Waals surface area contributed by atoms with E-state index in [4.69, 9.17) is 4.74 Å². The van der Waals surface area contributed by atoms with Gasteiger partial charge >= 0.3 is 0 Å². The fraction of sp³-hybridized carbons (Fsp3) is 0.391. The summed E-state index contributed by atoms with van der Waals surface area (Å²) in [5.41, 5.74) is 4.05. The second-order valence-electron chi connectivity index (χ2n) is 17.2. The molecule has 5 amide bonds. The fourth-order valence-corrected chi connectivity index (χ4v) is 10.2. The van der Waals surface area contributed by atoms with Crippen LogP contribution in [0.2, 0.25) is 0 Å². The van der Waals surface area contributed by atoms with Gasteiger partial charge in [-0.25, -0.2) is 23.1 Å². The van der Waals surface area contributed by atoms with Gasteiger partial charge < -0.3 is 24.0 Å². The number of imidazole rings is 1. The maximum absolute atomic E-state index is 15.9. The van der Waals surface area contributed by atoms with Crippen LogP contribution in [0.1, 0.15) is 70.6 Å². The summed E-state index contributed by atoms with van der Waals surface area (Å²) in [7, 11) is 0. The number of aryl methyl sites for hydroxylation is 1. The molecule has 3 saturated heterocycles. The second-order valence-corrected chi connectivity index (χ2v) is 18.1. The number of thiazole rings is 1. The highest BCUT2D eigenvalue weighted by atomic mass is 32.1. The molecule has 5 aromatic rings. The number of imide groups is 1. The maximum Gasteiger partial charge on any atom is 0.268 e. The lowest BCUT2D eigenvalue weighted by Gasteiger charge is -2.40. The highest BCUT2D eigenvalue weighted by Gasteiger charge is 2.47. The van der Waals surface area contributed by atoms with Crippen LogP contribution in [0.5, 0.6) is 5.75 Å². The minimum Gasteiger partial charge on any atom is -0.479 e. The van der Waals surface area contributed by atoms with Gasteiger partial charge in [0.1, 0.15) is 11.6 Å². The van der Waals surface area contributed by atoms with Gasteiger partial charge in [0.25, 0.3) is 23.6 Å². The number of nitrogens with zero attached hydrogens (tertiary/aromatic N) is 8. The van der Waals surface area contributed by atoms with E-state index in [9.17, 15) is 24.0 Å². The van der Waals surface area contributed by atoms with E-state index in [1.54, 1.807) is 28.9 Å².